The highest BCUT2D eigenvalue weighted by atomic mass is 19.1. The number of amidine groups is 1. The zero-order valence-electron chi connectivity index (χ0n) is 20.0. The standard InChI is InChI=1S/C25H31FN6O4/c26-23-17(15-36-22(33)12-21(27)28)2-1-3-20(23)18-13-29-25(30-14-18)32-10-6-19(7-11-32)31-8-4-16(5-9-31)24(34)35/h1-3,13-14,16,19H,4-12,15H2,(H3,27,28)(H,34,35). The van der Waals surface area contributed by atoms with Crippen LogP contribution < -0.4 is 10.6 Å². The number of likely N-dealkylation sites (tertiary alicyclic amines) is 1. The van der Waals surface area contributed by atoms with Crippen molar-refractivity contribution >= 4 is 23.7 Å². The molecule has 0 amide bonds. The Kier molecular flexibility index (Phi) is 8.09. The van der Waals surface area contributed by atoms with Gasteiger partial charge in [0.15, 0.2) is 0 Å². The van der Waals surface area contributed by atoms with Crippen molar-refractivity contribution in [1.29, 1.82) is 5.41 Å². The molecule has 2 saturated heterocycles. The lowest BCUT2D eigenvalue weighted by Gasteiger charge is -2.41. The fraction of sp³-hybridized carbons (Fsp3) is 0.480. The van der Waals surface area contributed by atoms with Gasteiger partial charge in [-0.2, -0.15) is 0 Å². The molecule has 1 aromatic carbocycles. The Labute approximate surface area is 208 Å². The molecule has 192 valence electrons. The highest BCUT2D eigenvalue weighted by molar-refractivity contribution is 5.94. The molecule has 0 atom stereocenters. The van der Waals surface area contributed by atoms with Crippen LogP contribution >= 0.6 is 0 Å². The van der Waals surface area contributed by atoms with Gasteiger partial charge in [-0.15, -0.1) is 0 Å². The van der Waals surface area contributed by atoms with Gasteiger partial charge in [-0.25, -0.2) is 14.4 Å². The number of carboxylic acid groups (broad SMARTS) is 1. The lowest BCUT2D eigenvalue weighted by Crippen LogP contribution is -2.48. The Morgan fingerprint density at radius 3 is 2.39 bits per heavy atom. The molecule has 1 aromatic heterocycles. The predicted octanol–water partition coefficient (Wildman–Crippen LogP) is 2.42. The monoisotopic (exact) mass is 498 g/mol. The summed E-state index contributed by atoms with van der Waals surface area (Å²) in [4.78, 5) is 36.3. The van der Waals surface area contributed by atoms with Crippen LogP contribution in [0.2, 0.25) is 0 Å². The van der Waals surface area contributed by atoms with E-state index in [1.165, 1.54) is 6.07 Å². The summed E-state index contributed by atoms with van der Waals surface area (Å²) in [5.41, 5.74) is 6.22. The van der Waals surface area contributed by atoms with Crippen LogP contribution in [-0.4, -0.2) is 70.0 Å². The summed E-state index contributed by atoms with van der Waals surface area (Å²) in [5.74, 6) is -1.83. The minimum absolute atomic E-state index is 0.211. The van der Waals surface area contributed by atoms with Crippen LogP contribution in [0.5, 0.6) is 0 Å². The van der Waals surface area contributed by atoms with E-state index >= 15 is 4.39 Å². The molecular weight excluding hydrogens is 467 g/mol. The van der Waals surface area contributed by atoms with Crippen molar-refractivity contribution in [2.75, 3.05) is 31.1 Å². The Hall–Kier alpha value is -3.60. The molecule has 11 heteroatoms. The van der Waals surface area contributed by atoms with Gasteiger partial charge in [0.2, 0.25) is 5.95 Å². The van der Waals surface area contributed by atoms with Gasteiger partial charge in [0.25, 0.3) is 0 Å². The molecule has 10 nitrogen and oxygen atoms in total. The lowest BCUT2D eigenvalue weighted by molar-refractivity contribution is -0.144. The number of ether oxygens (including phenoxy) is 1. The van der Waals surface area contributed by atoms with Crippen LogP contribution in [-0.2, 0) is 20.9 Å². The number of aromatic nitrogens is 2. The summed E-state index contributed by atoms with van der Waals surface area (Å²) in [5, 5.41) is 16.3. The van der Waals surface area contributed by atoms with Gasteiger partial charge < -0.3 is 25.4 Å². The summed E-state index contributed by atoms with van der Waals surface area (Å²) in [6, 6.07) is 5.26. The van der Waals surface area contributed by atoms with Gasteiger partial charge in [0.05, 0.1) is 5.92 Å². The van der Waals surface area contributed by atoms with E-state index in [4.69, 9.17) is 15.9 Å². The third kappa shape index (κ3) is 6.14. The van der Waals surface area contributed by atoms with Crippen molar-refractivity contribution in [3.63, 3.8) is 0 Å². The van der Waals surface area contributed by atoms with Crippen molar-refractivity contribution in [3.8, 4) is 11.1 Å². The maximum atomic E-state index is 15.1. The highest BCUT2D eigenvalue weighted by Gasteiger charge is 2.31. The first-order valence-corrected chi connectivity index (χ1v) is 12.1. The van der Waals surface area contributed by atoms with Crippen LogP contribution in [0.25, 0.3) is 11.1 Å². The largest absolute Gasteiger partial charge is 0.481 e. The van der Waals surface area contributed by atoms with E-state index in [1.54, 1.807) is 24.5 Å². The highest BCUT2D eigenvalue weighted by Crippen LogP contribution is 2.28. The zero-order chi connectivity index (χ0) is 25.7. The number of nitrogens with one attached hydrogen (secondary N) is 1. The number of nitrogens with two attached hydrogens (primary N) is 1. The third-order valence-electron chi connectivity index (χ3n) is 6.89. The van der Waals surface area contributed by atoms with Crippen molar-refractivity contribution in [2.45, 2.75) is 44.8 Å². The Balaban J connectivity index is 1.33. The number of halogens is 1. The Morgan fingerprint density at radius 1 is 1.11 bits per heavy atom. The van der Waals surface area contributed by atoms with Gasteiger partial charge in [-0.05, 0) is 38.8 Å². The summed E-state index contributed by atoms with van der Waals surface area (Å²) < 4.78 is 20.1. The number of anilines is 1. The van der Waals surface area contributed by atoms with Crippen molar-refractivity contribution < 1.29 is 23.8 Å². The van der Waals surface area contributed by atoms with E-state index in [-0.39, 0.29) is 30.3 Å². The molecule has 2 aliphatic rings. The van der Waals surface area contributed by atoms with Crippen LogP contribution in [0.15, 0.2) is 30.6 Å². The molecule has 2 aliphatic heterocycles. The zero-order valence-corrected chi connectivity index (χ0v) is 20.0. The van der Waals surface area contributed by atoms with Gasteiger partial charge in [-0.3, -0.25) is 15.0 Å². The molecule has 0 unspecified atom stereocenters. The van der Waals surface area contributed by atoms with Crippen LogP contribution in [0.1, 0.15) is 37.7 Å². The number of aliphatic carboxylic acids is 1. The molecule has 3 heterocycles. The summed E-state index contributed by atoms with van der Waals surface area (Å²) >= 11 is 0. The van der Waals surface area contributed by atoms with Crippen molar-refractivity contribution in [1.82, 2.24) is 14.9 Å². The minimum Gasteiger partial charge on any atom is -0.481 e. The fourth-order valence-corrected chi connectivity index (χ4v) is 4.85. The smallest absolute Gasteiger partial charge is 0.313 e. The first kappa shape index (κ1) is 25.5. The number of rotatable bonds is 8. The van der Waals surface area contributed by atoms with Crippen LogP contribution in [0, 0.1) is 17.1 Å². The second-order valence-electron chi connectivity index (χ2n) is 9.28. The van der Waals surface area contributed by atoms with E-state index in [0.717, 1.165) is 39.0 Å². The average Bonchev–Trinajstić information content (AvgIpc) is 2.88. The molecule has 4 N–H and O–H groups in total. The van der Waals surface area contributed by atoms with E-state index in [1.807, 2.05) is 0 Å². The Bertz CT molecular complexity index is 1100. The number of hydrogen-bond donors (Lipinski definition) is 3. The molecule has 0 spiro atoms. The normalized spacial score (nSPS) is 17.6. The quantitative estimate of drug-likeness (QED) is 0.284. The van der Waals surface area contributed by atoms with Gasteiger partial charge >= 0.3 is 11.9 Å². The summed E-state index contributed by atoms with van der Waals surface area (Å²) in [7, 11) is 0. The molecule has 0 bridgehead atoms. The minimum atomic E-state index is -0.690. The predicted molar refractivity (Wildman–Crippen MR) is 131 cm³/mol. The fourth-order valence-electron chi connectivity index (χ4n) is 4.85. The van der Waals surface area contributed by atoms with E-state index in [2.05, 4.69) is 19.8 Å². The number of hydrogen-bond acceptors (Lipinski definition) is 8. The van der Waals surface area contributed by atoms with Gasteiger partial charge in [0.1, 0.15) is 24.7 Å². The molecular formula is C25H31FN6O4. The number of nitrogens with zero attached hydrogens (tertiary/aromatic N) is 4. The van der Waals surface area contributed by atoms with E-state index in [9.17, 15) is 14.7 Å². The lowest BCUT2D eigenvalue weighted by atomic mass is 9.93. The van der Waals surface area contributed by atoms with Gasteiger partial charge in [0, 0.05) is 48.2 Å². The number of carboxylic acids is 1. The molecule has 0 aliphatic carbocycles. The van der Waals surface area contributed by atoms with Gasteiger partial charge in [-0.1, -0.05) is 18.2 Å². The first-order chi connectivity index (χ1) is 17.3. The molecule has 2 aromatic rings. The number of esters is 1. The maximum Gasteiger partial charge on any atom is 0.313 e. The second kappa shape index (κ2) is 11.4. The second-order valence-corrected chi connectivity index (χ2v) is 9.28. The first-order valence-electron chi connectivity index (χ1n) is 12.1. The molecule has 4 rings (SSSR count). The molecule has 0 radical (unpaired) electrons. The van der Waals surface area contributed by atoms with E-state index in [0.29, 0.717) is 36.0 Å². The summed E-state index contributed by atoms with van der Waals surface area (Å²) in [6.45, 7) is 3.01. The number of carbonyl (C=O) groups is 2. The SMILES string of the molecule is N=C(N)CC(=O)OCc1cccc(-c2cnc(N3CCC(N4CCC(C(=O)O)CC4)CC3)nc2)c1F. The van der Waals surface area contributed by atoms with Crippen LogP contribution in [0.4, 0.5) is 10.3 Å². The van der Waals surface area contributed by atoms with Crippen molar-refractivity contribution in [2.24, 2.45) is 11.7 Å². The molecule has 2 fully saturated rings. The molecule has 36 heavy (non-hydrogen) atoms. The third-order valence-corrected chi connectivity index (χ3v) is 6.89. The number of piperidine rings is 2. The maximum absolute atomic E-state index is 15.1. The summed E-state index contributed by atoms with van der Waals surface area (Å²) in [6.07, 6.45) is 6.18. The number of carbonyl (C=O) groups excluding carboxylic acids is 1. The van der Waals surface area contributed by atoms with E-state index < -0.39 is 17.8 Å². The van der Waals surface area contributed by atoms with Crippen molar-refractivity contribution in [3.05, 3.63) is 42.0 Å². The Morgan fingerprint density at radius 2 is 1.78 bits per heavy atom. The average molecular weight is 499 g/mol. The topological polar surface area (TPSA) is 146 Å². The molecule has 0 saturated carbocycles. The number of benzene rings is 1. The van der Waals surface area contributed by atoms with Crippen LogP contribution in [0.3, 0.4) is 0 Å².